The van der Waals surface area contributed by atoms with Gasteiger partial charge in [0.15, 0.2) is 29.7 Å². The van der Waals surface area contributed by atoms with Crippen molar-refractivity contribution >= 4 is 52.8 Å². The van der Waals surface area contributed by atoms with Crippen LogP contribution in [-0.4, -0.2) is 92.0 Å². The number of carbonyl (C=O) groups excluding carboxylic acids is 1. The number of fused-ring (bicyclic) bond motifs is 3. The van der Waals surface area contributed by atoms with Gasteiger partial charge >= 0.3 is 5.69 Å². The molecule has 0 spiro atoms. The molecule has 2 unspecified atom stereocenters. The van der Waals surface area contributed by atoms with Crippen LogP contribution in [0.2, 0.25) is 21.7 Å². The van der Waals surface area contributed by atoms with Gasteiger partial charge in [0, 0.05) is 30.5 Å². The van der Waals surface area contributed by atoms with Crippen molar-refractivity contribution in [3.8, 4) is 11.5 Å². The maximum atomic E-state index is 16.2. The minimum Gasteiger partial charge on any atom is -0.493 e. The van der Waals surface area contributed by atoms with E-state index in [-0.39, 0.29) is 59.1 Å². The van der Waals surface area contributed by atoms with Crippen molar-refractivity contribution in [2.75, 3.05) is 33.2 Å². The second-order valence-electron chi connectivity index (χ2n) is 23.3. The lowest BCUT2D eigenvalue weighted by Crippen LogP contribution is -2.67. The molecule has 5 aromatic carbocycles. The lowest BCUT2D eigenvalue weighted by atomic mass is 9.72. The quantitative estimate of drug-likeness (QED) is 0.0637. The second kappa shape index (κ2) is 22.9. The van der Waals surface area contributed by atoms with Crippen molar-refractivity contribution in [2.45, 2.75) is 139 Å². The average Bonchev–Trinajstić information content (AvgIpc) is 3.67. The van der Waals surface area contributed by atoms with Gasteiger partial charge in [0.25, 0.3) is 18.3 Å². The number of hydrogen-bond acceptors (Lipinski definition) is 10. The molecule has 0 N–H and O–H groups in total. The van der Waals surface area contributed by atoms with Crippen LogP contribution in [-0.2, 0) is 53.0 Å². The van der Waals surface area contributed by atoms with Crippen LogP contribution < -0.4 is 25.5 Å². The van der Waals surface area contributed by atoms with Gasteiger partial charge in [-0.3, -0.25) is 13.9 Å². The Kier molecular flexibility index (Phi) is 17.2. The number of aromatic nitrogens is 2. The summed E-state index contributed by atoms with van der Waals surface area (Å²) in [5, 5.41) is 1.62. The predicted octanol–water partition coefficient (Wildman–Crippen LogP) is 10.0. The van der Waals surface area contributed by atoms with E-state index < -0.39 is 82.7 Å². The predicted molar refractivity (Wildman–Crippen MR) is 314 cm³/mol. The van der Waals surface area contributed by atoms with Crippen LogP contribution in [0.1, 0.15) is 96.3 Å². The van der Waals surface area contributed by atoms with Gasteiger partial charge in [-0.05, 0) is 100 Å². The molecule has 1 amide bonds. The number of methoxy groups -OCH3 is 2. The Morgan fingerprint density at radius 2 is 1.15 bits per heavy atom. The molecule has 1 aliphatic carbocycles. The molecule has 418 valence electrons. The first-order valence-corrected chi connectivity index (χ1v) is 34.4. The molecule has 6 aromatic rings. The largest absolute Gasteiger partial charge is 0.493 e. The Balaban J connectivity index is 1.41. The van der Waals surface area contributed by atoms with Gasteiger partial charge in [-0.1, -0.05) is 164 Å². The van der Waals surface area contributed by atoms with Crippen molar-refractivity contribution in [1.82, 2.24) is 13.4 Å². The van der Waals surface area contributed by atoms with Gasteiger partial charge in [-0.15, -0.1) is 0 Å². The number of imidazole rings is 1. The second-order valence-corrected chi connectivity index (χ2v) is 37.0. The normalized spacial score (nSPS) is 18.2. The van der Waals surface area contributed by atoms with Crippen LogP contribution in [0.5, 0.6) is 11.5 Å². The van der Waals surface area contributed by atoms with Crippen LogP contribution >= 0.6 is 0 Å². The number of benzene rings is 5. The molecular weight excluding hydrogens is 1050 g/mol. The molecule has 4 atom stereocenters. The number of aryl methyl sites for hydroxylation is 2. The number of sulfonamides is 1. The standard InChI is InChI=1S/C61H79N3O10S2Si2/c1-41(2)77(42(3)4,43(5)6)73-40-53-57-56(59(65)64(53)76(69,70)49-31-26-45(8)27-32-49)47(39-74-78(61(9,10)11,50-20-16-14-17-21-50)51-22-18-15-19-23-51)37-52-58(57)62(34-35-75(67,68)48-29-24-44(7)25-30-48)60(66)63(52)38-46-28-33-54(71-12)55(36-46)72-13/h14-33,36,41-43,47,53,56-57H,34-35,37-40H2,1-13H3/t47-,53+,56?,57?/m0/s1. The Labute approximate surface area is 465 Å². The molecule has 0 bridgehead atoms. The molecule has 0 radical (unpaired) electrons. The summed E-state index contributed by atoms with van der Waals surface area (Å²) in [6, 6.07) is 37.9. The fraction of sp³-hybridized carbons (Fsp3) is 0.443. The van der Waals surface area contributed by atoms with E-state index in [4.69, 9.17) is 18.3 Å². The summed E-state index contributed by atoms with van der Waals surface area (Å²) in [4.78, 5) is 32.1. The van der Waals surface area contributed by atoms with Crippen LogP contribution in [0.15, 0.2) is 142 Å². The van der Waals surface area contributed by atoms with Crippen LogP contribution in [0, 0.1) is 25.7 Å². The third-order valence-corrected chi connectivity index (χ3v) is 31.4. The molecule has 2 aliphatic rings. The van der Waals surface area contributed by atoms with E-state index in [1.807, 2.05) is 62.4 Å². The zero-order chi connectivity index (χ0) is 56.7. The molecule has 1 saturated heterocycles. The first-order valence-electron chi connectivity index (χ1n) is 27.2. The highest BCUT2D eigenvalue weighted by atomic mass is 32.2. The molecule has 1 aromatic heterocycles. The lowest BCUT2D eigenvalue weighted by molar-refractivity contribution is -0.129. The van der Waals surface area contributed by atoms with E-state index in [2.05, 4.69) is 86.6 Å². The van der Waals surface area contributed by atoms with E-state index in [0.29, 0.717) is 28.5 Å². The molecule has 8 rings (SSSR count). The van der Waals surface area contributed by atoms with Crippen LogP contribution in [0.3, 0.4) is 0 Å². The minimum atomic E-state index is -4.60. The molecule has 78 heavy (non-hydrogen) atoms. The fourth-order valence-corrected chi connectivity index (χ4v) is 26.0. The summed E-state index contributed by atoms with van der Waals surface area (Å²) in [7, 11) is -11.6. The Morgan fingerprint density at radius 1 is 0.628 bits per heavy atom. The lowest BCUT2D eigenvalue weighted by Gasteiger charge is -2.45. The van der Waals surface area contributed by atoms with E-state index in [1.54, 1.807) is 61.3 Å². The Morgan fingerprint density at radius 3 is 1.65 bits per heavy atom. The average molecular weight is 1130 g/mol. The molecule has 1 aliphatic heterocycles. The third-order valence-electron chi connectivity index (χ3n) is 16.7. The van der Waals surface area contributed by atoms with E-state index in [0.717, 1.165) is 25.8 Å². The van der Waals surface area contributed by atoms with Crippen LogP contribution in [0.25, 0.3) is 0 Å². The van der Waals surface area contributed by atoms with Gasteiger partial charge in [0.1, 0.15) is 0 Å². The summed E-state index contributed by atoms with van der Waals surface area (Å²) < 4.78 is 90.9. The molecule has 17 heteroatoms. The number of hydrogen-bond donors (Lipinski definition) is 0. The van der Waals surface area contributed by atoms with Crippen molar-refractivity contribution in [2.24, 2.45) is 11.8 Å². The van der Waals surface area contributed by atoms with E-state index in [9.17, 15) is 8.42 Å². The van der Waals surface area contributed by atoms with Crippen LogP contribution in [0.4, 0.5) is 0 Å². The number of ether oxygens (including phenoxy) is 2. The van der Waals surface area contributed by atoms with Gasteiger partial charge in [0.05, 0.1) is 54.9 Å². The summed E-state index contributed by atoms with van der Waals surface area (Å²) in [5.41, 5.74) is 3.30. The summed E-state index contributed by atoms with van der Waals surface area (Å²) in [6.07, 6.45) is 0.134. The summed E-state index contributed by atoms with van der Waals surface area (Å²) >= 11 is 0. The van der Waals surface area contributed by atoms with Crippen molar-refractivity contribution in [1.29, 1.82) is 0 Å². The first-order chi connectivity index (χ1) is 36.8. The number of amides is 1. The highest BCUT2D eigenvalue weighted by molar-refractivity contribution is 7.91. The van der Waals surface area contributed by atoms with Crippen molar-refractivity contribution < 1.29 is 40.0 Å². The van der Waals surface area contributed by atoms with Crippen molar-refractivity contribution in [3.05, 3.63) is 166 Å². The van der Waals surface area contributed by atoms with Crippen molar-refractivity contribution in [3.63, 3.8) is 0 Å². The molecule has 0 saturated carbocycles. The molecule has 1 fully saturated rings. The highest BCUT2D eigenvalue weighted by Crippen LogP contribution is 2.52. The smallest absolute Gasteiger partial charge is 0.328 e. The molecular formula is C61H79N3O10S2Si2. The number of rotatable bonds is 21. The zero-order valence-electron chi connectivity index (χ0n) is 47.6. The summed E-state index contributed by atoms with van der Waals surface area (Å²) in [6.45, 7) is 22.9. The SMILES string of the molecule is COc1ccc(Cn2c3c(n(CCS(=O)(=O)c4ccc(C)cc4)c2=O)C2C(C(=O)N(S(=O)(=O)c4ccc(C)cc4)[C@@H]2CO[Si](C(C)C)(C(C)C)C(C)C)[C@H](CO[Si](c2ccccc2)(c2ccccc2)C(C)(C)C)C3)cc1OC. The van der Waals surface area contributed by atoms with E-state index in [1.165, 1.54) is 16.7 Å². The zero-order valence-corrected chi connectivity index (χ0v) is 51.3. The fourth-order valence-electron chi connectivity index (χ4n) is 13.1. The summed E-state index contributed by atoms with van der Waals surface area (Å²) in [5.74, 6) is -2.79. The highest BCUT2D eigenvalue weighted by Gasteiger charge is 2.62. The Hall–Kier alpha value is -5.57. The number of carbonyl (C=O) groups is 1. The molecule has 2 heterocycles. The first kappa shape index (κ1) is 58.6. The molecule has 13 nitrogen and oxygen atoms in total. The van der Waals surface area contributed by atoms with Gasteiger partial charge in [-0.2, -0.15) is 0 Å². The van der Waals surface area contributed by atoms with Gasteiger partial charge in [-0.25, -0.2) is 25.9 Å². The number of sulfone groups is 1. The van der Waals surface area contributed by atoms with E-state index >= 15 is 18.0 Å². The number of nitrogens with zero attached hydrogens (tertiary/aromatic N) is 3. The third kappa shape index (κ3) is 10.7. The maximum absolute atomic E-state index is 16.2. The Bertz CT molecular complexity index is 3310. The maximum Gasteiger partial charge on any atom is 0.328 e. The topological polar surface area (TPSA) is 152 Å². The monoisotopic (exact) mass is 1130 g/mol. The van der Waals surface area contributed by atoms with Gasteiger partial charge < -0.3 is 18.3 Å². The van der Waals surface area contributed by atoms with Gasteiger partial charge in [0.2, 0.25) is 5.91 Å². The minimum absolute atomic E-state index is 0.0336.